The standard InChI is InChI=1S/C27H28ClN3O2/c1-17(2)29-26(32)13-11-24-27(19-6-5-7-22(15-19)33-4)30-25-12-8-20(16-31(24)25)23-10-9-21(28)14-18(23)3/h5-10,12,14-17H,11,13H2,1-4H3,(H,29,32). The summed E-state index contributed by atoms with van der Waals surface area (Å²) in [5, 5.41) is 3.70. The lowest BCUT2D eigenvalue weighted by Crippen LogP contribution is -2.30. The van der Waals surface area contributed by atoms with Gasteiger partial charge < -0.3 is 14.5 Å². The number of hydrogen-bond donors (Lipinski definition) is 1. The number of aryl methyl sites for hydroxylation is 2. The second kappa shape index (κ2) is 9.67. The molecule has 0 aliphatic heterocycles. The summed E-state index contributed by atoms with van der Waals surface area (Å²) in [6.07, 6.45) is 3.04. The number of hydrogen-bond acceptors (Lipinski definition) is 3. The fourth-order valence-electron chi connectivity index (χ4n) is 4.07. The molecule has 5 nitrogen and oxygen atoms in total. The number of carbonyl (C=O) groups is 1. The molecule has 0 bridgehead atoms. The molecule has 2 heterocycles. The van der Waals surface area contributed by atoms with Crippen LogP contribution in [0.1, 0.15) is 31.5 Å². The van der Waals surface area contributed by atoms with Crippen LogP contribution in [0, 0.1) is 6.92 Å². The van der Waals surface area contributed by atoms with Crippen molar-refractivity contribution >= 4 is 23.2 Å². The Balaban J connectivity index is 1.82. The summed E-state index contributed by atoms with van der Waals surface area (Å²) in [5.41, 5.74) is 6.93. The topological polar surface area (TPSA) is 55.6 Å². The van der Waals surface area contributed by atoms with Crippen molar-refractivity contribution in [3.8, 4) is 28.1 Å². The van der Waals surface area contributed by atoms with E-state index in [1.807, 2.05) is 62.4 Å². The Morgan fingerprint density at radius 2 is 1.94 bits per heavy atom. The average molecular weight is 462 g/mol. The van der Waals surface area contributed by atoms with E-state index >= 15 is 0 Å². The van der Waals surface area contributed by atoms with Crippen molar-refractivity contribution in [2.45, 2.75) is 39.7 Å². The van der Waals surface area contributed by atoms with Crippen molar-refractivity contribution in [1.29, 1.82) is 0 Å². The lowest BCUT2D eigenvalue weighted by atomic mass is 10.0. The Kier molecular flexibility index (Phi) is 6.70. The maximum Gasteiger partial charge on any atom is 0.220 e. The highest BCUT2D eigenvalue weighted by Gasteiger charge is 2.17. The van der Waals surface area contributed by atoms with Gasteiger partial charge in [0.25, 0.3) is 0 Å². The zero-order valence-corrected chi connectivity index (χ0v) is 20.1. The Morgan fingerprint density at radius 3 is 2.67 bits per heavy atom. The SMILES string of the molecule is COc1cccc(-c2nc3ccc(-c4ccc(Cl)cc4C)cn3c2CCC(=O)NC(C)C)c1. The molecule has 0 saturated heterocycles. The van der Waals surface area contributed by atoms with Crippen molar-refractivity contribution in [2.75, 3.05) is 7.11 Å². The van der Waals surface area contributed by atoms with Gasteiger partial charge in [-0.15, -0.1) is 0 Å². The lowest BCUT2D eigenvalue weighted by molar-refractivity contribution is -0.121. The van der Waals surface area contributed by atoms with Gasteiger partial charge in [0.15, 0.2) is 0 Å². The van der Waals surface area contributed by atoms with E-state index in [2.05, 4.69) is 28.9 Å². The highest BCUT2D eigenvalue weighted by molar-refractivity contribution is 6.30. The van der Waals surface area contributed by atoms with Gasteiger partial charge in [0.05, 0.1) is 18.5 Å². The van der Waals surface area contributed by atoms with Crippen LogP contribution in [0.3, 0.4) is 0 Å². The molecule has 1 N–H and O–H groups in total. The van der Waals surface area contributed by atoms with Crippen molar-refractivity contribution in [1.82, 2.24) is 14.7 Å². The zero-order chi connectivity index (χ0) is 23.5. The van der Waals surface area contributed by atoms with E-state index in [0.29, 0.717) is 12.8 Å². The molecule has 0 spiro atoms. The van der Waals surface area contributed by atoms with Crippen LogP contribution >= 0.6 is 11.6 Å². The zero-order valence-electron chi connectivity index (χ0n) is 19.4. The molecule has 2 aromatic carbocycles. The Bertz CT molecular complexity index is 1310. The third-order valence-electron chi connectivity index (χ3n) is 5.60. The summed E-state index contributed by atoms with van der Waals surface area (Å²) in [6.45, 7) is 5.99. The van der Waals surface area contributed by atoms with Crippen LogP contribution in [-0.4, -0.2) is 28.4 Å². The Morgan fingerprint density at radius 1 is 1.12 bits per heavy atom. The van der Waals surface area contributed by atoms with Gasteiger partial charge in [-0.1, -0.05) is 29.8 Å². The van der Waals surface area contributed by atoms with Gasteiger partial charge in [0.2, 0.25) is 5.91 Å². The molecule has 4 aromatic rings. The molecular weight excluding hydrogens is 434 g/mol. The van der Waals surface area contributed by atoms with Gasteiger partial charge in [-0.3, -0.25) is 4.79 Å². The van der Waals surface area contributed by atoms with Crippen LogP contribution in [0.15, 0.2) is 60.8 Å². The van der Waals surface area contributed by atoms with Gasteiger partial charge in [0, 0.05) is 29.2 Å². The second-order valence-electron chi connectivity index (χ2n) is 8.47. The molecule has 2 aromatic heterocycles. The van der Waals surface area contributed by atoms with E-state index < -0.39 is 0 Å². The first-order valence-electron chi connectivity index (χ1n) is 11.1. The molecule has 1 amide bonds. The molecule has 4 rings (SSSR count). The molecule has 0 fully saturated rings. The number of ether oxygens (including phenoxy) is 1. The molecule has 33 heavy (non-hydrogen) atoms. The summed E-state index contributed by atoms with van der Waals surface area (Å²) < 4.78 is 7.52. The number of nitrogens with zero attached hydrogens (tertiary/aromatic N) is 2. The van der Waals surface area contributed by atoms with Crippen molar-refractivity contribution < 1.29 is 9.53 Å². The summed E-state index contributed by atoms with van der Waals surface area (Å²) in [7, 11) is 1.65. The molecule has 170 valence electrons. The van der Waals surface area contributed by atoms with E-state index in [4.69, 9.17) is 21.3 Å². The molecule has 0 aliphatic rings. The number of carbonyl (C=O) groups excluding carboxylic acids is 1. The Hall–Kier alpha value is -3.31. The molecule has 0 aliphatic carbocycles. The number of imidazole rings is 1. The van der Waals surface area contributed by atoms with E-state index in [9.17, 15) is 4.79 Å². The van der Waals surface area contributed by atoms with E-state index in [1.54, 1.807) is 7.11 Å². The average Bonchev–Trinajstić information content (AvgIpc) is 3.15. The van der Waals surface area contributed by atoms with Crippen LogP contribution in [-0.2, 0) is 11.2 Å². The number of aromatic nitrogens is 2. The van der Waals surface area contributed by atoms with Crippen LogP contribution in [0.5, 0.6) is 5.75 Å². The highest BCUT2D eigenvalue weighted by Crippen LogP contribution is 2.31. The predicted octanol–water partition coefficient (Wildman–Crippen LogP) is 6.10. The normalized spacial score (nSPS) is 11.2. The van der Waals surface area contributed by atoms with Gasteiger partial charge >= 0.3 is 0 Å². The molecule has 0 atom stereocenters. The summed E-state index contributed by atoms with van der Waals surface area (Å²) in [6, 6.07) is 18.0. The smallest absolute Gasteiger partial charge is 0.220 e. The fraction of sp³-hybridized carbons (Fsp3) is 0.259. The number of fused-ring (bicyclic) bond motifs is 1. The molecular formula is C27H28ClN3O2. The Labute approximate surface area is 199 Å². The number of pyridine rings is 1. The minimum Gasteiger partial charge on any atom is -0.497 e. The molecule has 6 heteroatoms. The predicted molar refractivity (Wildman–Crippen MR) is 134 cm³/mol. The minimum atomic E-state index is 0.0289. The van der Waals surface area contributed by atoms with Crippen molar-refractivity contribution in [3.05, 3.63) is 77.1 Å². The monoisotopic (exact) mass is 461 g/mol. The molecule has 0 saturated carbocycles. The highest BCUT2D eigenvalue weighted by atomic mass is 35.5. The van der Waals surface area contributed by atoms with E-state index in [1.165, 1.54) is 0 Å². The maximum absolute atomic E-state index is 12.4. The van der Waals surface area contributed by atoms with Crippen LogP contribution in [0.4, 0.5) is 0 Å². The lowest BCUT2D eigenvalue weighted by Gasteiger charge is -2.11. The van der Waals surface area contributed by atoms with Crippen molar-refractivity contribution in [2.24, 2.45) is 0 Å². The number of rotatable bonds is 7. The quantitative estimate of drug-likeness (QED) is 0.362. The largest absolute Gasteiger partial charge is 0.497 e. The summed E-state index contributed by atoms with van der Waals surface area (Å²) in [5.74, 6) is 0.798. The van der Waals surface area contributed by atoms with Crippen LogP contribution in [0.2, 0.25) is 5.02 Å². The minimum absolute atomic E-state index is 0.0289. The van der Waals surface area contributed by atoms with Crippen LogP contribution in [0.25, 0.3) is 28.0 Å². The second-order valence-corrected chi connectivity index (χ2v) is 8.90. The van der Waals surface area contributed by atoms with Gasteiger partial charge in [-0.25, -0.2) is 4.98 Å². The number of benzene rings is 2. The molecule has 0 radical (unpaired) electrons. The number of nitrogens with one attached hydrogen (secondary N) is 1. The number of halogens is 1. The van der Waals surface area contributed by atoms with Crippen molar-refractivity contribution in [3.63, 3.8) is 0 Å². The summed E-state index contributed by atoms with van der Waals surface area (Å²) >= 11 is 6.16. The first-order chi connectivity index (χ1) is 15.9. The third kappa shape index (κ3) is 5.04. The number of methoxy groups -OCH3 is 1. The van der Waals surface area contributed by atoms with Crippen LogP contribution < -0.4 is 10.1 Å². The maximum atomic E-state index is 12.4. The fourth-order valence-corrected chi connectivity index (χ4v) is 4.30. The van der Waals surface area contributed by atoms with Gasteiger partial charge in [0.1, 0.15) is 11.4 Å². The summed E-state index contributed by atoms with van der Waals surface area (Å²) in [4.78, 5) is 17.3. The number of amides is 1. The van der Waals surface area contributed by atoms with Gasteiger partial charge in [-0.05, 0) is 80.3 Å². The molecule has 0 unspecified atom stereocenters. The third-order valence-corrected chi connectivity index (χ3v) is 5.83. The first-order valence-corrected chi connectivity index (χ1v) is 11.4. The van der Waals surface area contributed by atoms with E-state index in [-0.39, 0.29) is 11.9 Å². The van der Waals surface area contributed by atoms with Gasteiger partial charge in [-0.2, -0.15) is 0 Å². The van der Waals surface area contributed by atoms with E-state index in [0.717, 1.165) is 50.1 Å². The first kappa shape index (κ1) is 22.9.